The summed E-state index contributed by atoms with van der Waals surface area (Å²) in [6, 6.07) is 13.3. The fourth-order valence-electron chi connectivity index (χ4n) is 10.8. The van der Waals surface area contributed by atoms with E-state index in [1.54, 1.807) is 12.0 Å². The molecule has 59 heavy (non-hydrogen) atoms. The van der Waals surface area contributed by atoms with Gasteiger partial charge in [-0.25, -0.2) is 8.78 Å². The monoisotopic (exact) mass is 808 g/mol. The predicted octanol–water partition coefficient (Wildman–Crippen LogP) is 4.73. The Balaban J connectivity index is 0.784. The molecule has 0 bridgehead atoms. The molecule has 0 aliphatic carbocycles. The fraction of sp³-hybridized carbons (Fsp3) is 0.500. The lowest BCUT2D eigenvalue weighted by atomic mass is 9.83. The number of nitrogens with zero attached hydrogens (tertiary/aromatic N) is 6. The summed E-state index contributed by atoms with van der Waals surface area (Å²) in [7, 11) is 1.67. The van der Waals surface area contributed by atoms with E-state index >= 15 is 0 Å². The van der Waals surface area contributed by atoms with Crippen molar-refractivity contribution in [2.75, 3.05) is 69.3 Å². The highest BCUT2D eigenvalue weighted by Gasteiger charge is 2.43. The second-order valence-electron chi connectivity index (χ2n) is 17.1. The van der Waals surface area contributed by atoms with Crippen LogP contribution in [0.4, 0.5) is 20.2 Å². The summed E-state index contributed by atoms with van der Waals surface area (Å²) in [6.07, 6.45) is 2.73. The quantitative estimate of drug-likeness (QED) is 0.242. The Morgan fingerprint density at radius 1 is 0.966 bits per heavy atom. The number of carbonyl (C=O) groups is 3. The highest BCUT2D eigenvalue weighted by molar-refractivity contribution is 6.06. The van der Waals surface area contributed by atoms with E-state index in [9.17, 15) is 23.2 Å². The van der Waals surface area contributed by atoms with Crippen molar-refractivity contribution in [1.29, 1.82) is 0 Å². The number of methoxy groups -OCH3 is 1. The van der Waals surface area contributed by atoms with Crippen LogP contribution < -0.4 is 24.6 Å². The molecule has 4 atom stereocenters. The number of piperidine rings is 2. The second-order valence-corrected chi connectivity index (χ2v) is 17.1. The van der Waals surface area contributed by atoms with E-state index in [2.05, 4.69) is 54.5 Å². The van der Waals surface area contributed by atoms with Gasteiger partial charge in [0.2, 0.25) is 11.8 Å². The number of ether oxygens (including phenoxy) is 2. The summed E-state index contributed by atoms with van der Waals surface area (Å²) in [6.45, 7) is 8.10. The average Bonchev–Trinajstić information content (AvgIpc) is 3.86. The first-order valence-corrected chi connectivity index (χ1v) is 21.0. The van der Waals surface area contributed by atoms with Crippen LogP contribution in [-0.2, 0) is 22.6 Å². The van der Waals surface area contributed by atoms with Crippen LogP contribution in [-0.4, -0.2) is 127 Å². The van der Waals surface area contributed by atoms with Crippen molar-refractivity contribution in [2.45, 2.75) is 76.2 Å². The Bertz CT molecular complexity index is 2310. The van der Waals surface area contributed by atoms with Gasteiger partial charge in [0, 0.05) is 85.6 Å². The number of nitrogens with one attached hydrogen (secondary N) is 2. The summed E-state index contributed by atoms with van der Waals surface area (Å²) in [5.74, 6) is 1.11. The molecule has 0 spiro atoms. The number of rotatable bonds is 8. The molecule has 0 radical (unpaired) electrons. The van der Waals surface area contributed by atoms with Crippen LogP contribution in [0.2, 0.25) is 0 Å². The molecule has 310 valence electrons. The minimum absolute atomic E-state index is 0.0950. The number of fused-ring (bicyclic) bond motifs is 8. The number of alkyl halides is 2. The van der Waals surface area contributed by atoms with E-state index in [0.29, 0.717) is 43.2 Å². The summed E-state index contributed by atoms with van der Waals surface area (Å²) in [5.41, 5.74) is 7.50. The van der Waals surface area contributed by atoms with Gasteiger partial charge in [-0.2, -0.15) is 5.10 Å². The van der Waals surface area contributed by atoms with Gasteiger partial charge in [-0.05, 0) is 73.9 Å². The van der Waals surface area contributed by atoms with Crippen molar-refractivity contribution >= 4 is 40.0 Å². The third-order valence-electron chi connectivity index (χ3n) is 13.8. The maximum absolute atomic E-state index is 14.1. The third kappa shape index (κ3) is 6.66. The van der Waals surface area contributed by atoms with Gasteiger partial charge in [0.1, 0.15) is 24.1 Å². The predicted molar refractivity (Wildman–Crippen MR) is 217 cm³/mol. The SMILES string of the molecule is COc1cc(N2CCC(CN3CCN4c5ccc6c(c5OC[C@H]4C3)CN(C3CCC(=O)NC3=O)C6=O)CC2)ccc1[C@@H]1c2ccc3[nH]ncc3c2C[C@@H](C)N1CC(F)F. The zero-order valence-corrected chi connectivity index (χ0v) is 33.5. The highest BCUT2D eigenvalue weighted by atomic mass is 19.3. The third-order valence-corrected chi connectivity index (χ3v) is 13.8. The topological polar surface area (TPSA) is 127 Å². The van der Waals surface area contributed by atoms with Crippen LogP contribution in [0.25, 0.3) is 10.9 Å². The summed E-state index contributed by atoms with van der Waals surface area (Å²) in [4.78, 5) is 48.6. The van der Waals surface area contributed by atoms with Crippen molar-refractivity contribution in [1.82, 2.24) is 30.2 Å². The smallest absolute Gasteiger partial charge is 0.255 e. The number of amides is 3. The van der Waals surface area contributed by atoms with Crippen molar-refractivity contribution in [2.24, 2.45) is 5.92 Å². The summed E-state index contributed by atoms with van der Waals surface area (Å²) in [5, 5.41) is 10.7. The Labute approximate surface area is 341 Å². The van der Waals surface area contributed by atoms with Gasteiger partial charge < -0.3 is 24.2 Å². The molecule has 3 fully saturated rings. The van der Waals surface area contributed by atoms with Gasteiger partial charge in [-0.3, -0.25) is 34.6 Å². The van der Waals surface area contributed by atoms with Crippen molar-refractivity contribution < 1.29 is 32.6 Å². The van der Waals surface area contributed by atoms with Gasteiger partial charge >= 0.3 is 0 Å². The Hall–Kier alpha value is -5.28. The zero-order valence-electron chi connectivity index (χ0n) is 33.5. The first-order valence-electron chi connectivity index (χ1n) is 21.0. The molecule has 3 saturated heterocycles. The van der Waals surface area contributed by atoms with Gasteiger partial charge in [-0.15, -0.1) is 0 Å². The molecule has 6 aliphatic rings. The van der Waals surface area contributed by atoms with E-state index in [4.69, 9.17) is 9.47 Å². The maximum Gasteiger partial charge on any atom is 0.255 e. The lowest BCUT2D eigenvalue weighted by molar-refractivity contribution is -0.136. The number of hydrogen-bond donors (Lipinski definition) is 2. The number of halogens is 2. The number of carbonyl (C=O) groups excluding carboxylic acids is 3. The molecule has 10 rings (SSSR count). The molecule has 4 aromatic rings. The minimum Gasteiger partial charge on any atom is -0.496 e. The largest absolute Gasteiger partial charge is 0.496 e. The number of piperazine rings is 1. The number of imide groups is 1. The molecule has 7 heterocycles. The molecule has 3 amide bonds. The molecule has 6 aliphatic heterocycles. The van der Waals surface area contributed by atoms with E-state index in [0.717, 1.165) is 102 Å². The Morgan fingerprint density at radius 2 is 1.80 bits per heavy atom. The lowest BCUT2D eigenvalue weighted by Crippen LogP contribution is -2.58. The molecule has 0 saturated carbocycles. The van der Waals surface area contributed by atoms with Crippen molar-refractivity contribution in [3.8, 4) is 11.5 Å². The molecule has 1 aromatic heterocycles. The Kier molecular flexibility index (Phi) is 9.70. The van der Waals surface area contributed by atoms with Gasteiger partial charge in [0.15, 0.2) is 0 Å². The van der Waals surface area contributed by atoms with Crippen LogP contribution in [0.3, 0.4) is 0 Å². The number of benzene rings is 3. The minimum atomic E-state index is -2.46. The molecule has 2 N–H and O–H groups in total. The number of aromatic nitrogens is 2. The first-order chi connectivity index (χ1) is 28.6. The number of aromatic amines is 1. The normalized spacial score (nSPS) is 25.2. The maximum atomic E-state index is 14.1. The average molecular weight is 809 g/mol. The molecule has 13 nitrogen and oxygen atoms in total. The lowest BCUT2D eigenvalue weighted by Gasteiger charge is -2.47. The first kappa shape index (κ1) is 38.0. The van der Waals surface area contributed by atoms with E-state index < -0.39 is 18.4 Å². The summed E-state index contributed by atoms with van der Waals surface area (Å²) >= 11 is 0. The Morgan fingerprint density at radius 3 is 2.59 bits per heavy atom. The van der Waals surface area contributed by atoms with E-state index in [1.165, 1.54) is 0 Å². The van der Waals surface area contributed by atoms with Gasteiger partial charge in [0.25, 0.3) is 12.3 Å². The summed E-state index contributed by atoms with van der Waals surface area (Å²) < 4.78 is 40.6. The number of hydrogen-bond acceptors (Lipinski definition) is 10. The van der Waals surface area contributed by atoms with Crippen LogP contribution in [0, 0.1) is 5.92 Å². The van der Waals surface area contributed by atoms with Gasteiger partial charge in [0.05, 0.1) is 49.7 Å². The second kappa shape index (κ2) is 15.1. The molecule has 1 unspecified atom stereocenters. The number of anilines is 2. The molecule has 15 heteroatoms. The van der Waals surface area contributed by atoms with Gasteiger partial charge in [-0.1, -0.05) is 12.1 Å². The van der Waals surface area contributed by atoms with Crippen LogP contribution in [0.15, 0.2) is 48.7 Å². The van der Waals surface area contributed by atoms with Crippen molar-refractivity contribution in [3.63, 3.8) is 0 Å². The number of H-pyrrole nitrogens is 1. The molecular formula is C44H50F2N8O5. The fourth-order valence-corrected chi connectivity index (χ4v) is 10.8. The van der Waals surface area contributed by atoms with E-state index in [-0.39, 0.29) is 42.9 Å². The highest BCUT2D eigenvalue weighted by Crippen LogP contribution is 2.46. The molecular weight excluding hydrogens is 759 g/mol. The van der Waals surface area contributed by atoms with Crippen LogP contribution >= 0.6 is 0 Å². The van der Waals surface area contributed by atoms with E-state index in [1.807, 2.05) is 36.2 Å². The standard InChI is InChI=1S/C44H50F2N8O5/c1-25-17-32-29(5-7-35-33(32)19-47-49-35)41(53(25)23-39(45)46)31-4-3-27(18-38(31)58-2)51-13-11-26(12-14-51)20-50-15-16-52-28(21-50)24-59-42-34-22-54(37-9-10-40(55)48-43(37)56)44(57)30(34)6-8-36(42)52/h3-8,18-19,25-26,28,37,39,41H,9-17,20-24H2,1-2H3,(H,47,49)(H,48,55,56)/t25-,28-,37?,41+/m1/s1. The van der Waals surface area contributed by atoms with Crippen LogP contribution in [0.1, 0.15) is 71.3 Å². The van der Waals surface area contributed by atoms with Crippen LogP contribution in [0.5, 0.6) is 11.5 Å². The molecule has 3 aromatic carbocycles. The zero-order chi connectivity index (χ0) is 40.5. The van der Waals surface area contributed by atoms with Crippen molar-refractivity contribution in [3.05, 3.63) is 76.5 Å².